The van der Waals surface area contributed by atoms with E-state index in [2.05, 4.69) is 5.32 Å². The second-order valence-corrected chi connectivity index (χ2v) is 5.42. The van der Waals surface area contributed by atoms with Crippen molar-refractivity contribution in [1.82, 2.24) is 5.32 Å². The average Bonchev–Trinajstić information content (AvgIpc) is 2.43. The maximum atomic E-state index is 10.0. The summed E-state index contributed by atoms with van der Waals surface area (Å²) in [6, 6.07) is 0.515. The number of rotatable bonds is 5. The fraction of sp³-hybridized carbons (Fsp3) is 1.00. The monoisotopic (exact) mass is 233 g/mol. The van der Waals surface area contributed by atoms with Crippen molar-refractivity contribution in [3.63, 3.8) is 0 Å². The molecule has 0 aliphatic carbocycles. The molecule has 90 valence electrons. The number of aliphatic hydroxyl groups is 1. The van der Waals surface area contributed by atoms with Crippen LogP contribution < -0.4 is 5.32 Å². The highest BCUT2D eigenvalue weighted by molar-refractivity contribution is 7.98. The molecule has 1 aliphatic heterocycles. The zero-order valence-corrected chi connectivity index (χ0v) is 10.6. The molecule has 3 nitrogen and oxygen atoms in total. The summed E-state index contributed by atoms with van der Waals surface area (Å²) in [5.74, 6) is 0.781. The highest BCUT2D eigenvalue weighted by Crippen LogP contribution is 2.12. The normalized spacial score (nSPS) is 27.0. The second kappa shape index (κ2) is 6.74. The number of nitrogens with one attached hydrogen (secondary N) is 1. The molecule has 4 heteroatoms. The molecule has 2 atom stereocenters. The van der Waals surface area contributed by atoms with Crippen LogP contribution in [0.5, 0.6) is 0 Å². The second-order valence-electron chi connectivity index (χ2n) is 4.55. The number of thioether (sulfide) groups is 1. The van der Waals surface area contributed by atoms with Gasteiger partial charge >= 0.3 is 0 Å². The van der Waals surface area contributed by atoms with Gasteiger partial charge in [0.15, 0.2) is 0 Å². The zero-order valence-electron chi connectivity index (χ0n) is 9.79. The van der Waals surface area contributed by atoms with E-state index >= 15 is 0 Å². The molecule has 0 amide bonds. The van der Waals surface area contributed by atoms with Crippen molar-refractivity contribution in [3.8, 4) is 0 Å². The van der Waals surface area contributed by atoms with E-state index in [9.17, 15) is 5.11 Å². The third-order valence-corrected chi connectivity index (χ3v) is 3.59. The Morgan fingerprint density at radius 3 is 3.00 bits per heavy atom. The van der Waals surface area contributed by atoms with E-state index in [0.29, 0.717) is 12.6 Å². The van der Waals surface area contributed by atoms with Gasteiger partial charge < -0.3 is 15.2 Å². The Labute approximate surface area is 97.0 Å². The number of hydrogen-bond donors (Lipinski definition) is 2. The van der Waals surface area contributed by atoms with E-state index in [1.54, 1.807) is 11.8 Å². The Hall–Kier alpha value is 0.230. The van der Waals surface area contributed by atoms with Gasteiger partial charge in [-0.05, 0) is 32.4 Å². The third kappa shape index (κ3) is 5.76. The van der Waals surface area contributed by atoms with E-state index < -0.39 is 5.60 Å². The quantitative estimate of drug-likeness (QED) is 0.750. The van der Waals surface area contributed by atoms with Crippen molar-refractivity contribution in [3.05, 3.63) is 0 Å². The van der Waals surface area contributed by atoms with Crippen LogP contribution in [0.1, 0.15) is 26.2 Å². The molecular formula is C11H23NO2S. The molecule has 0 aromatic carbocycles. The Balaban J connectivity index is 2.22. The van der Waals surface area contributed by atoms with Gasteiger partial charge in [0, 0.05) is 31.6 Å². The molecule has 0 aromatic rings. The van der Waals surface area contributed by atoms with Crippen molar-refractivity contribution in [2.75, 3.05) is 31.8 Å². The summed E-state index contributed by atoms with van der Waals surface area (Å²) < 4.78 is 5.40. The van der Waals surface area contributed by atoms with Gasteiger partial charge in [-0.15, -0.1) is 0 Å². The van der Waals surface area contributed by atoms with Gasteiger partial charge in [-0.3, -0.25) is 0 Å². The van der Waals surface area contributed by atoms with Crippen LogP contribution >= 0.6 is 11.8 Å². The summed E-state index contributed by atoms with van der Waals surface area (Å²) in [5, 5.41) is 13.4. The van der Waals surface area contributed by atoms with Crippen LogP contribution in [0.25, 0.3) is 0 Å². The summed E-state index contributed by atoms with van der Waals surface area (Å²) in [6.07, 6.45) is 5.38. The van der Waals surface area contributed by atoms with Crippen LogP contribution in [-0.4, -0.2) is 48.5 Å². The van der Waals surface area contributed by atoms with Gasteiger partial charge in [-0.25, -0.2) is 0 Å². The van der Waals surface area contributed by atoms with Crippen molar-refractivity contribution < 1.29 is 9.84 Å². The maximum absolute atomic E-state index is 10.0. The van der Waals surface area contributed by atoms with Crippen LogP contribution in [-0.2, 0) is 4.74 Å². The Bertz CT molecular complexity index is 168. The van der Waals surface area contributed by atoms with Gasteiger partial charge in [0.05, 0.1) is 5.60 Å². The van der Waals surface area contributed by atoms with Crippen molar-refractivity contribution in [1.29, 1.82) is 0 Å². The lowest BCUT2D eigenvalue weighted by Gasteiger charge is -2.26. The van der Waals surface area contributed by atoms with E-state index in [4.69, 9.17) is 4.74 Å². The van der Waals surface area contributed by atoms with E-state index in [-0.39, 0.29) is 0 Å². The van der Waals surface area contributed by atoms with Crippen LogP contribution in [0, 0.1) is 0 Å². The number of hydrogen-bond acceptors (Lipinski definition) is 4. The predicted octanol–water partition coefficient (Wildman–Crippen LogP) is 1.26. The average molecular weight is 233 g/mol. The molecule has 2 N–H and O–H groups in total. The van der Waals surface area contributed by atoms with Crippen LogP contribution in [0.3, 0.4) is 0 Å². The van der Waals surface area contributed by atoms with Gasteiger partial charge in [-0.2, -0.15) is 11.8 Å². The first-order chi connectivity index (χ1) is 7.14. The summed E-state index contributed by atoms with van der Waals surface area (Å²) in [7, 11) is 0. The molecule has 2 unspecified atom stereocenters. The van der Waals surface area contributed by atoms with E-state index in [1.165, 1.54) is 0 Å². The van der Waals surface area contributed by atoms with Gasteiger partial charge in [0.1, 0.15) is 0 Å². The molecule has 1 fully saturated rings. The summed E-state index contributed by atoms with van der Waals surface area (Å²) in [4.78, 5) is 0. The Morgan fingerprint density at radius 2 is 2.27 bits per heavy atom. The first kappa shape index (κ1) is 13.3. The minimum atomic E-state index is -0.591. The molecule has 0 radical (unpaired) electrons. The minimum Gasteiger partial charge on any atom is -0.388 e. The zero-order chi connectivity index (χ0) is 11.1. The third-order valence-electron chi connectivity index (χ3n) is 2.68. The van der Waals surface area contributed by atoms with Gasteiger partial charge in [-0.1, -0.05) is 0 Å². The first-order valence-electron chi connectivity index (χ1n) is 5.66. The number of ether oxygens (including phenoxy) is 1. The van der Waals surface area contributed by atoms with Gasteiger partial charge in [0.25, 0.3) is 0 Å². The fourth-order valence-electron chi connectivity index (χ4n) is 1.83. The Morgan fingerprint density at radius 1 is 1.47 bits per heavy atom. The van der Waals surface area contributed by atoms with Crippen molar-refractivity contribution >= 4 is 11.8 Å². The highest BCUT2D eigenvalue weighted by Gasteiger charge is 2.21. The SMILES string of the molecule is CSCC(C)(O)CNC1CCCOCC1. The summed E-state index contributed by atoms with van der Waals surface area (Å²) in [5.41, 5.74) is -0.591. The molecule has 15 heavy (non-hydrogen) atoms. The minimum absolute atomic E-state index is 0.515. The summed E-state index contributed by atoms with van der Waals surface area (Å²) in [6.45, 7) is 4.31. The van der Waals surface area contributed by atoms with Gasteiger partial charge in [0.2, 0.25) is 0 Å². The largest absolute Gasteiger partial charge is 0.388 e. The lowest BCUT2D eigenvalue weighted by atomic mass is 10.1. The molecule has 0 aromatic heterocycles. The van der Waals surface area contributed by atoms with Crippen molar-refractivity contribution in [2.45, 2.75) is 37.8 Å². The highest BCUT2D eigenvalue weighted by atomic mass is 32.2. The predicted molar refractivity (Wildman–Crippen MR) is 65.5 cm³/mol. The summed E-state index contributed by atoms with van der Waals surface area (Å²) >= 11 is 1.68. The van der Waals surface area contributed by atoms with E-state index in [0.717, 1.165) is 38.2 Å². The molecule has 1 rings (SSSR count). The lowest BCUT2D eigenvalue weighted by Crippen LogP contribution is -2.44. The molecule has 1 heterocycles. The molecular weight excluding hydrogens is 210 g/mol. The molecule has 0 spiro atoms. The standard InChI is InChI=1S/C11H23NO2S/c1-11(13,9-15-2)8-12-10-4-3-6-14-7-5-10/h10,12-13H,3-9H2,1-2H3. The Kier molecular flexibility index (Phi) is 5.97. The fourth-order valence-corrected chi connectivity index (χ4v) is 2.56. The molecule has 1 aliphatic rings. The molecule has 0 saturated carbocycles. The molecule has 0 bridgehead atoms. The molecule has 1 saturated heterocycles. The smallest absolute Gasteiger partial charge is 0.0833 e. The van der Waals surface area contributed by atoms with Crippen LogP contribution in [0.4, 0.5) is 0 Å². The van der Waals surface area contributed by atoms with Crippen LogP contribution in [0.2, 0.25) is 0 Å². The lowest BCUT2D eigenvalue weighted by molar-refractivity contribution is 0.0799. The van der Waals surface area contributed by atoms with E-state index in [1.807, 2.05) is 13.2 Å². The topological polar surface area (TPSA) is 41.5 Å². The van der Waals surface area contributed by atoms with Crippen LogP contribution in [0.15, 0.2) is 0 Å². The first-order valence-corrected chi connectivity index (χ1v) is 7.06. The maximum Gasteiger partial charge on any atom is 0.0833 e. The van der Waals surface area contributed by atoms with Crippen molar-refractivity contribution in [2.24, 2.45) is 0 Å².